The number of carbonyl (C=O) groups excluding carboxylic acids is 1. The van der Waals surface area contributed by atoms with Gasteiger partial charge in [0.2, 0.25) is 26.0 Å². The smallest absolute Gasteiger partial charge is 0.243 e. The van der Waals surface area contributed by atoms with Crippen LogP contribution in [0, 0.1) is 12.8 Å². The molecule has 0 saturated carbocycles. The highest BCUT2D eigenvalue weighted by atomic mass is 32.2. The van der Waals surface area contributed by atoms with Crippen molar-refractivity contribution >= 4 is 26.0 Å². The molecule has 3 rings (SSSR count). The Morgan fingerprint density at radius 3 is 2.18 bits per heavy atom. The highest BCUT2D eigenvalue weighted by Crippen LogP contribution is 2.25. The second-order valence-corrected chi connectivity index (χ2v) is 14.8. The van der Waals surface area contributed by atoms with Gasteiger partial charge in [0.25, 0.3) is 0 Å². The van der Waals surface area contributed by atoms with Crippen LogP contribution in [0.4, 0.5) is 0 Å². The van der Waals surface area contributed by atoms with E-state index in [1.807, 2.05) is 52.0 Å². The van der Waals surface area contributed by atoms with E-state index < -0.39 is 20.0 Å². The monoisotopic (exact) mass is 577 g/mol. The second kappa shape index (κ2) is 13.9. The van der Waals surface area contributed by atoms with E-state index in [0.29, 0.717) is 57.8 Å². The topological polar surface area (TPSA) is 95.1 Å². The number of amides is 1. The van der Waals surface area contributed by atoms with Crippen molar-refractivity contribution in [1.82, 2.24) is 13.5 Å². The van der Waals surface area contributed by atoms with E-state index in [9.17, 15) is 21.6 Å². The number of carbonyl (C=O) groups is 1. The number of nitrogens with zero attached hydrogens (tertiary/aromatic N) is 3. The average Bonchev–Trinajstić information content (AvgIpc) is 2.90. The maximum atomic E-state index is 13.9. The van der Waals surface area contributed by atoms with Crippen LogP contribution in [-0.2, 0) is 31.4 Å². The predicted molar refractivity (Wildman–Crippen MR) is 155 cm³/mol. The van der Waals surface area contributed by atoms with Gasteiger partial charge in [-0.3, -0.25) is 4.79 Å². The van der Waals surface area contributed by atoms with Crippen LogP contribution in [0.2, 0.25) is 0 Å². The third-order valence-corrected chi connectivity index (χ3v) is 11.2. The van der Waals surface area contributed by atoms with Gasteiger partial charge in [-0.25, -0.2) is 16.8 Å². The van der Waals surface area contributed by atoms with E-state index in [1.165, 1.54) is 8.61 Å². The molecule has 216 valence electrons. The Bertz CT molecular complexity index is 1290. The number of rotatable bonds is 13. The van der Waals surface area contributed by atoms with Gasteiger partial charge in [0.15, 0.2) is 0 Å². The van der Waals surface area contributed by atoms with Crippen LogP contribution in [0.5, 0.6) is 0 Å². The molecule has 0 N–H and O–H groups in total. The molecule has 1 aliphatic heterocycles. The predicted octanol–water partition coefficient (Wildman–Crippen LogP) is 4.26. The maximum absolute atomic E-state index is 13.9. The number of hydrogen-bond donors (Lipinski definition) is 0. The van der Waals surface area contributed by atoms with Crippen molar-refractivity contribution in [3.8, 4) is 0 Å². The van der Waals surface area contributed by atoms with Crippen LogP contribution >= 0.6 is 0 Å². The minimum absolute atomic E-state index is 0.00586. The summed E-state index contributed by atoms with van der Waals surface area (Å²) in [4.78, 5) is 15.9. The Labute approximate surface area is 235 Å². The summed E-state index contributed by atoms with van der Waals surface area (Å²) in [6.07, 6.45) is 2.12. The summed E-state index contributed by atoms with van der Waals surface area (Å²) >= 11 is 0. The first kappa shape index (κ1) is 31.3. The minimum atomic E-state index is -3.61. The lowest BCUT2D eigenvalue weighted by molar-refractivity contribution is -0.135. The van der Waals surface area contributed by atoms with E-state index in [-0.39, 0.29) is 29.1 Å². The lowest BCUT2D eigenvalue weighted by Gasteiger charge is -2.39. The molecule has 39 heavy (non-hydrogen) atoms. The number of sulfonamides is 2. The molecule has 1 saturated heterocycles. The molecule has 1 amide bonds. The molecular formula is C29H43N3O5S2. The lowest BCUT2D eigenvalue weighted by Crippen LogP contribution is -2.51. The van der Waals surface area contributed by atoms with E-state index in [0.717, 1.165) is 11.1 Å². The zero-order chi connectivity index (χ0) is 28.6. The summed E-state index contributed by atoms with van der Waals surface area (Å²) in [5.74, 6) is 0.0655. The van der Waals surface area contributed by atoms with E-state index in [2.05, 4.69) is 0 Å². The molecular weight excluding hydrogens is 534 g/mol. The summed E-state index contributed by atoms with van der Waals surface area (Å²) in [7, 11) is -7.18. The van der Waals surface area contributed by atoms with Gasteiger partial charge in [-0.15, -0.1) is 0 Å². The zero-order valence-electron chi connectivity index (χ0n) is 23.6. The highest BCUT2D eigenvalue weighted by Gasteiger charge is 2.35. The fourth-order valence-electron chi connectivity index (χ4n) is 4.88. The molecule has 10 heteroatoms. The Hall–Kier alpha value is -2.27. The van der Waals surface area contributed by atoms with Gasteiger partial charge in [0.1, 0.15) is 0 Å². The van der Waals surface area contributed by atoms with Gasteiger partial charge >= 0.3 is 0 Å². The third-order valence-electron chi connectivity index (χ3n) is 7.29. The summed E-state index contributed by atoms with van der Waals surface area (Å²) < 4.78 is 55.2. The standard InChI is InChI=1S/C29H43N3O5S2/c1-5-21-38(34,35)31(18-15-24(2)3)23-29(33)32(22-26-12-10-9-11-25(26)4)27-16-19-30(20-17-27)39(36,37)28-13-7-6-8-14-28/h6-14,24,27H,5,15-23H2,1-4H3. The summed E-state index contributed by atoms with van der Waals surface area (Å²) in [5, 5.41) is 0. The van der Waals surface area contributed by atoms with Gasteiger partial charge in [0.05, 0.1) is 17.2 Å². The fraction of sp³-hybridized carbons (Fsp3) is 0.552. The Kier molecular flexibility index (Phi) is 11.1. The molecule has 0 bridgehead atoms. The highest BCUT2D eigenvalue weighted by molar-refractivity contribution is 7.89. The Morgan fingerprint density at radius 1 is 0.974 bits per heavy atom. The fourth-order valence-corrected chi connectivity index (χ4v) is 7.83. The number of hydrogen-bond acceptors (Lipinski definition) is 5. The summed E-state index contributed by atoms with van der Waals surface area (Å²) in [5.41, 5.74) is 2.05. The lowest BCUT2D eigenvalue weighted by atomic mass is 10.0. The van der Waals surface area contributed by atoms with Crippen LogP contribution in [0.15, 0.2) is 59.5 Å². The molecule has 0 unspecified atom stereocenters. The molecule has 8 nitrogen and oxygen atoms in total. The second-order valence-electron chi connectivity index (χ2n) is 10.7. The van der Waals surface area contributed by atoms with Crippen LogP contribution in [0.3, 0.4) is 0 Å². The van der Waals surface area contributed by atoms with E-state index in [4.69, 9.17) is 0 Å². The van der Waals surface area contributed by atoms with Crippen LogP contribution in [0.1, 0.15) is 57.6 Å². The Morgan fingerprint density at radius 2 is 1.59 bits per heavy atom. The number of benzene rings is 2. The van der Waals surface area contributed by atoms with Gasteiger partial charge in [0, 0.05) is 32.2 Å². The van der Waals surface area contributed by atoms with Crippen molar-refractivity contribution in [3.63, 3.8) is 0 Å². The summed E-state index contributed by atoms with van der Waals surface area (Å²) in [6, 6.07) is 16.0. The Balaban J connectivity index is 1.83. The van der Waals surface area contributed by atoms with E-state index >= 15 is 0 Å². The van der Waals surface area contributed by atoms with Gasteiger partial charge in [-0.1, -0.05) is 63.2 Å². The normalized spacial score (nSPS) is 15.6. The molecule has 1 fully saturated rings. The first-order valence-electron chi connectivity index (χ1n) is 13.8. The molecule has 1 heterocycles. The maximum Gasteiger partial charge on any atom is 0.243 e. The van der Waals surface area contributed by atoms with Crippen LogP contribution in [0.25, 0.3) is 0 Å². The molecule has 1 aliphatic rings. The van der Waals surface area contributed by atoms with Crippen molar-refractivity contribution in [2.24, 2.45) is 5.92 Å². The molecule has 0 aromatic heterocycles. The van der Waals surface area contributed by atoms with E-state index in [1.54, 1.807) is 35.2 Å². The van der Waals surface area contributed by atoms with Crippen molar-refractivity contribution in [1.29, 1.82) is 0 Å². The van der Waals surface area contributed by atoms with Gasteiger partial charge < -0.3 is 4.90 Å². The number of piperidine rings is 1. The largest absolute Gasteiger partial charge is 0.334 e. The van der Waals surface area contributed by atoms with Crippen LogP contribution in [-0.4, -0.2) is 74.2 Å². The van der Waals surface area contributed by atoms with Crippen molar-refractivity contribution in [3.05, 3.63) is 65.7 Å². The van der Waals surface area contributed by atoms with Crippen molar-refractivity contribution < 1.29 is 21.6 Å². The first-order valence-corrected chi connectivity index (χ1v) is 16.9. The third kappa shape index (κ3) is 8.36. The van der Waals surface area contributed by atoms with Gasteiger partial charge in [-0.2, -0.15) is 8.61 Å². The minimum Gasteiger partial charge on any atom is -0.334 e. The number of aryl methyl sites for hydroxylation is 1. The molecule has 0 aliphatic carbocycles. The van der Waals surface area contributed by atoms with Crippen molar-refractivity contribution in [2.75, 3.05) is 31.9 Å². The van der Waals surface area contributed by atoms with Gasteiger partial charge in [-0.05, 0) is 61.8 Å². The molecule has 0 radical (unpaired) electrons. The summed E-state index contributed by atoms with van der Waals surface area (Å²) in [6.45, 7) is 8.93. The molecule has 2 aromatic rings. The SMILES string of the molecule is CCCS(=O)(=O)N(CCC(C)C)CC(=O)N(Cc1ccccc1C)C1CCN(S(=O)(=O)c2ccccc2)CC1. The average molecular weight is 578 g/mol. The molecule has 0 spiro atoms. The quantitative estimate of drug-likeness (QED) is 0.355. The van der Waals surface area contributed by atoms with Crippen LogP contribution < -0.4 is 0 Å². The van der Waals surface area contributed by atoms with Crippen molar-refractivity contribution in [2.45, 2.75) is 70.9 Å². The first-order chi connectivity index (χ1) is 18.5. The zero-order valence-corrected chi connectivity index (χ0v) is 25.3. The molecule has 2 aromatic carbocycles. The molecule has 0 atom stereocenters.